The van der Waals surface area contributed by atoms with Gasteiger partial charge in [-0.05, 0) is 6.42 Å². The number of aromatic nitrogens is 2. The number of aryl methyl sites for hydroxylation is 1. The Labute approximate surface area is 82.0 Å². The van der Waals surface area contributed by atoms with Gasteiger partial charge in [-0.3, -0.25) is 4.68 Å². The van der Waals surface area contributed by atoms with Crippen LogP contribution in [0.3, 0.4) is 0 Å². The average molecular weight is 214 g/mol. The highest BCUT2D eigenvalue weighted by Gasteiger charge is 2.20. The van der Waals surface area contributed by atoms with Crippen LogP contribution in [-0.2, 0) is 16.6 Å². The van der Waals surface area contributed by atoms with Crippen LogP contribution in [0.15, 0.2) is 11.2 Å². The molecule has 0 atom stereocenters. The van der Waals surface area contributed by atoms with E-state index in [1.165, 1.54) is 10.9 Å². The number of nitriles is 1. The molecular formula is C7H10N4O2S. The number of primary sulfonamides is 1. The van der Waals surface area contributed by atoms with E-state index in [2.05, 4.69) is 5.10 Å². The van der Waals surface area contributed by atoms with Gasteiger partial charge in [-0.1, -0.05) is 6.92 Å². The summed E-state index contributed by atoms with van der Waals surface area (Å²) in [7, 11) is -3.88. The molecule has 1 heterocycles. The van der Waals surface area contributed by atoms with Crippen molar-refractivity contribution in [3.8, 4) is 6.07 Å². The summed E-state index contributed by atoms with van der Waals surface area (Å²) in [6.07, 6.45) is 1.92. The molecule has 1 rings (SSSR count). The van der Waals surface area contributed by atoms with E-state index in [1.807, 2.05) is 6.92 Å². The molecule has 1 aromatic heterocycles. The number of hydrogen-bond donors (Lipinski definition) is 1. The molecule has 0 spiro atoms. The third-order valence-corrected chi connectivity index (χ3v) is 2.59. The first-order valence-corrected chi connectivity index (χ1v) is 5.54. The maximum absolute atomic E-state index is 11.1. The second-order valence-electron chi connectivity index (χ2n) is 2.74. The predicted molar refractivity (Wildman–Crippen MR) is 48.6 cm³/mol. The predicted octanol–water partition coefficient (Wildman–Crippen LogP) is -0.188. The van der Waals surface area contributed by atoms with Gasteiger partial charge in [-0.2, -0.15) is 10.4 Å². The topological polar surface area (TPSA) is 102 Å². The van der Waals surface area contributed by atoms with Crippen molar-refractivity contribution in [2.75, 3.05) is 0 Å². The third-order valence-electron chi connectivity index (χ3n) is 1.62. The summed E-state index contributed by atoms with van der Waals surface area (Å²) in [6, 6.07) is 1.74. The molecular weight excluding hydrogens is 204 g/mol. The van der Waals surface area contributed by atoms with Crippen LogP contribution in [0.25, 0.3) is 0 Å². The van der Waals surface area contributed by atoms with E-state index >= 15 is 0 Å². The van der Waals surface area contributed by atoms with E-state index in [0.717, 1.165) is 6.42 Å². The highest BCUT2D eigenvalue weighted by atomic mass is 32.2. The Morgan fingerprint density at radius 2 is 2.36 bits per heavy atom. The second-order valence-corrected chi connectivity index (χ2v) is 4.22. The monoisotopic (exact) mass is 214 g/mol. The van der Waals surface area contributed by atoms with Crippen LogP contribution in [0.4, 0.5) is 0 Å². The SMILES string of the molecule is CCCn1ncc(C#N)c1S(N)(=O)=O. The minimum atomic E-state index is -3.88. The Hall–Kier alpha value is -1.39. The fourth-order valence-corrected chi connectivity index (χ4v) is 1.96. The lowest BCUT2D eigenvalue weighted by Crippen LogP contribution is -2.19. The Bertz CT molecular complexity index is 468. The smallest absolute Gasteiger partial charge is 0.252 e. The molecule has 2 N–H and O–H groups in total. The van der Waals surface area contributed by atoms with Gasteiger partial charge in [-0.15, -0.1) is 0 Å². The van der Waals surface area contributed by atoms with Crippen molar-refractivity contribution in [3.05, 3.63) is 11.8 Å². The zero-order valence-electron chi connectivity index (χ0n) is 7.64. The van der Waals surface area contributed by atoms with Crippen molar-refractivity contribution in [2.45, 2.75) is 24.9 Å². The molecule has 0 bridgehead atoms. The Morgan fingerprint density at radius 1 is 1.71 bits per heavy atom. The van der Waals surface area contributed by atoms with Gasteiger partial charge in [-0.25, -0.2) is 13.6 Å². The van der Waals surface area contributed by atoms with Crippen LogP contribution in [0.1, 0.15) is 18.9 Å². The van der Waals surface area contributed by atoms with E-state index < -0.39 is 10.0 Å². The quantitative estimate of drug-likeness (QED) is 0.753. The Kier molecular flexibility index (Phi) is 2.88. The lowest BCUT2D eigenvalue weighted by atomic mass is 10.4. The Morgan fingerprint density at radius 3 is 2.79 bits per heavy atom. The minimum Gasteiger partial charge on any atom is -0.252 e. The van der Waals surface area contributed by atoms with E-state index in [1.54, 1.807) is 6.07 Å². The molecule has 0 radical (unpaired) electrons. The lowest BCUT2D eigenvalue weighted by Gasteiger charge is -2.03. The van der Waals surface area contributed by atoms with Crippen LogP contribution in [-0.4, -0.2) is 18.2 Å². The number of nitrogens with two attached hydrogens (primary N) is 1. The van der Waals surface area contributed by atoms with Crippen LogP contribution in [0.2, 0.25) is 0 Å². The van der Waals surface area contributed by atoms with Crippen molar-refractivity contribution < 1.29 is 8.42 Å². The molecule has 7 heteroatoms. The zero-order chi connectivity index (χ0) is 10.8. The molecule has 6 nitrogen and oxygen atoms in total. The van der Waals surface area contributed by atoms with Crippen molar-refractivity contribution >= 4 is 10.0 Å². The minimum absolute atomic E-state index is 0.0130. The van der Waals surface area contributed by atoms with Crippen molar-refractivity contribution in [3.63, 3.8) is 0 Å². The highest BCUT2D eigenvalue weighted by Crippen LogP contribution is 2.12. The number of sulfonamides is 1. The van der Waals surface area contributed by atoms with Gasteiger partial charge in [0.25, 0.3) is 10.0 Å². The van der Waals surface area contributed by atoms with Crippen molar-refractivity contribution in [1.82, 2.24) is 9.78 Å². The van der Waals surface area contributed by atoms with Gasteiger partial charge in [0.1, 0.15) is 11.6 Å². The summed E-state index contributed by atoms with van der Waals surface area (Å²) in [6.45, 7) is 2.30. The molecule has 0 aliphatic heterocycles. The highest BCUT2D eigenvalue weighted by molar-refractivity contribution is 7.89. The fourth-order valence-electron chi connectivity index (χ4n) is 1.12. The van der Waals surface area contributed by atoms with E-state index in [0.29, 0.717) is 6.54 Å². The van der Waals surface area contributed by atoms with Crippen molar-refractivity contribution in [1.29, 1.82) is 5.26 Å². The van der Waals surface area contributed by atoms with E-state index in [4.69, 9.17) is 10.4 Å². The van der Waals surface area contributed by atoms with Gasteiger partial charge in [0.2, 0.25) is 0 Å². The number of hydrogen-bond acceptors (Lipinski definition) is 4. The summed E-state index contributed by atoms with van der Waals surface area (Å²) in [4.78, 5) is 0. The molecule has 0 aromatic carbocycles. The average Bonchev–Trinajstić information content (AvgIpc) is 2.47. The maximum atomic E-state index is 11.1. The van der Waals surface area contributed by atoms with Crippen molar-refractivity contribution in [2.24, 2.45) is 5.14 Å². The summed E-state index contributed by atoms with van der Waals surface area (Å²) in [5.41, 5.74) is -0.0130. The van der Waals surface area contributed by atoms with Gasteiger partial charge in [0.15, 0.2) is 5.03 Å². The molecule has 0 amide bonds. The number of nitrogens with zero attached hydrogens (tertiary/aromatic N) is 3. The molecule has 0 saturated carbocycles. The van der Waals surface area contributed by atoms with E-state index in [-0.39, 0.29) is 10.6 Å². The molecule has 0 unspecified atom stereocenters. The van der Waals surface area contributed by atoms with Crippen LogP contribution < -0.4 is 5.14 Å². The van der Waals surface area contributed by atoms with Gasteiger partial charge in [0.05, 0.1) is 6.20 Å². The molecule has 0 aliphatic carbocycles. The standard InChI is InChI=1S/C7H10N4O2S/c1-2-3-11-7(14(9,12)13)6(4-8)5-10-11/h5H,2-3H2,1H3,(H2,9,12,13). The molecule has 0 saturated heterocycles. The molecule has 0 fully saturated rings. The largest absolute Gasteiger partial charge is 0.256 e. The maximum Gasteiger partial charge on any atom is 0.256 e. The van der Waals surface area contributed by atoms with E-state index in [9.17, 15) is 8.42 Å². The summed E-state index contributed by atoms with van der Waals surface area (Å²) in [5.74, 6) is 0. The van der Waals surface area contributed by atoms with Gasteiger partial charge >= 0.3 is 0 Å². The first-order valence-electron chi connectivity index (χ1n) is 3.99. The number of rotatable bonds is 3. The lowest BCUT2D eigenvalue weighted by molar-refractivity contribution is 0.530. The Balaban J connectivity index is 3.36. The third kappa shape index (κ3) is 1.92. The second kappa shape index (κ2) is 3.77. The van der Waals surface area contributed by atoms with Gasteiger partial charge < -0.3 is 0 Å². The first kappa shape index (κ1) is 10.7. The fraction of sp³-hybridized carbons (Fsp3) is 0.429. The summed E-state index contributed by atoms with van der Waals surface area (Å²) in [5, 5.41) is 17.2. The molecule has 76 valence electrons. The summed E-state index contributed by atoms with van der Waals surface area (Å²) < 4.78 is 23.5. The zero-order valence-corrected chi connectivity index (χ0v) is 8.45. The van der Waals surface area contributed by atoms with Crippen LogP contribution in [0.5, 0.6) is 0 Å². The molecule has 14 heavy (non-hydrogen) atoms. The molecule has 0 aliphatic rings. The van der Waals surface area contributed by atoms with Gasteiger partial charge in [0, 0.05) is 6.54 Å². The van der Waals surface area contributed by atoms with Crippen LogP contribution >= 0.6 is 0 Å². The summed E-state index contributed by atoms with van der Waals surface area (Å²) >= 11 is 0. The first-order chi connectivity index (χ1) is 6.50. The van der Waals surface area contributed by atoms with Crippen LogP contribution in [0, 0.1) is 11.3 Å². The molecule has 1 aromatic rings. The normalized spacial score (nSPS) is 11.2.